The number of nitrogens with zero attached hydrogens (tertiary/aromatic N) is 1. The van der Waals surface area contributed by atoms with Crippen LogP contribution in [0.2, 0.25) is 0 Å². The minimum Gasteiger partial charge on any atom is -0.371 e. The topological polar surface area (TPSA) is 26.3 Å². The second kappa shape index (κ2) is 8.30. The molecule has 0 aliphatic rings. The summed E-state index contributed by atoms with van der Waals surface area (Å²) in [6.45, 7) is 12.5. The SMILES string of the molecule is CC[N+](CC)(CC)CCOCc1ccc2sc3ccccc3c(=O)c2c1. The van der Waals surface area contributed by atoms with Gasteiger partial charge in [-0.2, -0.15) is 0 Å². The van der Waals surface area contributed by atoms with E-state index in [1.807, 2.05) is 30.3 Å². The molecule has 3 rings (SSSR count). The van der Waals surface area contributed by atoms with E-state index in [4.69, 9.17) is 4.74 Å². The van der Waals surface area contributed by atoms with Gasteiger partial charge >= 0.3 is 0 Å². The summed E-state index contributed by atoms with van der Waals surface area (Å²) in [6.07, 6.45) is 0. The number of fused-ring (bicyclic) bond motifs is 2. The third-order valence-corrected chi connectivity index (χ3v) is 6.78. The van der Waals surface area contributed by atoms with Gasteiger partial charge in [-0.3, -0.25) is 4.79 Å². The Bertz CT molecular complexity index is 935. The Morgan fingerprint density at radius 1 is 0.923 bits per heavy atom. The summed E-state index contributed by atoms with van der Waals surface area (Å²) >= 11 is 1.67. The molecule has 0 saturated carbocycles. The van der Waals surface area contributed by atoms with E-state index in [0.29, 0.717) is 6.61 Å². The third kappa shape index (κ3) is 3.83. The van der Waals surface area contributed by atoms with Gasteiger partial charge in [-0.1, -0.05) is 18.2 Å². The molecular formula is C22H28NO2S+. The van der Waals surface area contributed by atoms with E-state index in [1.54, 1.807) is 11.3 Å². The molecule has 2 aromatic carbocycles. The standard InChI is InChI=1S/C22H28NO2S/c1-4-23(5-2,6-3)13-14-25-16-17-11-12-21-19(15-17)22(24)18-9-7-8-10-20(18)26-21/h7-12,15H,4-6,13-14,16H2,1-3H3/q+1. The van der Waals surface area contributed by atoms with Crippen molar-refractivity contribution in [1.82, 2.24) is 0 Å². The molecule has 0 saturated heterocycles. The number of hydrogen-bond acceptors (Lipinski definition) is 3. The first-order valence-electron chi connectivity index (χ1n) is 9.49. The average molecular weight is 371 g/mol. The van der Waals surface area contributed by atoms with Crippen LogP contribution in [0.15, 0.2) is 47.3 Å². The molecule has 26 heavy (non-hydrogen) atoms. The second-order valence-corrected chi connectivity index (χ2v) is 7.91. The van der Waals surface area contributed by atoms with E-state index >= 15 is 0 Å². The fourth-order valence-corrected chi connectivity index (χ4v) is 4.59. The molecule has 0 spiro atoms. The van der Waals surface area contributed by atoms with Crippen molar-refractivity contribution in [2.75, 3.05) is 32.8 Å². The first-order valence-corrected chi connectivity index (χ1v) is 10.3. The molecule has 0 aliphatic heterocycles. The Labute approximate surface area is 159 Å². The highest BCUT2D eigenvalue weighted by Crippen LogP contribution is 2.25. The summed E-state index contributed by atoms with van der Waals surface area (Å²) in [5, 5.41) is 1.61. The molecule has 0 fully saturated rings. The molecule has 3 nitrogen and oxygen atoms in total. The minimum atomic E-state index is 0.120. The van der Waals surface area contributed by atoms with E-state index in [2.05, 4.69) is 32.9 Å². The van der Waals surface area contributed by atoms with Gasteiger partial charge in [0.1, 0.15) is 6.54 Å². The van der Waals surface area contributed by atoms with Crippen LogP contribution in [-0.2, 0) is 11.3 Å². The Balaban J connectivity index is 1.74. The zero-order valence-electron chi connectivity index (χ0n) is 16.0. The Hall–Kier alpha value is -1.75. The lowest BCUT2D eigenvalue weighted by atomic mass is 10.1. The zero-order chi connectivity index (χ0) is 18.6. The van der Waals surface area contributed by atoms with E-state index in [9.17, 15) is 4.79 Å². The van der Waals surface area contributed by atoms with Crippen LogP contribution in [0.5, 0.6) is 0 Å². The van der Waals surface area contributed by atoms with Crippen LogP contribution < -0.4 is 5.43 Å². The third-order valence-electron chi connectivity index (χ3n) is 5.63. The molecule has 0 amide bonds. The number of hydrogen-bond donors (Lipinski definition) is 0. The van der Waals surface area contributed by atoms with Gasteiger partial charge in [-0.15, -0.1) is 11.3 Å². The first-order chi connectivity index (χ1) is 12.6. The average Bonchev–Trinajstić information content (AvgIpc) is 2.69. The van der Waals surface area contributed by atoms with Crippen LogP contribution in [0.1, 0.15) is 26.3 Å². The monoisotopic (exact) mass is 370 g/mol. The van der Waals surface area contributed by atoms with Gasteiger partial charge in [0.05, 0.1) is 32.8 Å². The van der Waals surface area contributed by atoms with Crippen molar-refractivity contribution in [1.29, 1.82) is 0 Å². The van der Waals surface area contributed by atoms with Crippen molar-refractivity contribution in [2.45, 2.75) is 27.4 Å². The van der Waals surface area contributed by atoms with Gasteiger partial charge < -0.3 is 9.22 Å². The predicted octanol–water partition coefficient (Wildman–Crippen LogP) is 4.81. The van der Waals surface area contributed by atoms with Gasteiger partial charge in [-0.25, -0.2) is 0 Å². The lowest BCUT2D eigenvalue weighted by Gasteiger charge is -2.35. The molecule has 0 N–H and O–H groups in total. The minimum absolute atomic E-state index is 0.120. The summed E-state index contributed by atoms with van der Waals surface area (Å²) in [4.78, 5) is 12.8. The van der Waals surface area contributed by atoms with E-state index in [0.717, 1.165) is 63.0 Å². The summed E-state index contributed by atoms with van der Waals surface area (Å²) in [5.74, 6) is 0. The van der Waals surface area contributed by atoms with Crippen LogP contribution >= 0.6 is 11.3 Å². The molecule has 4 heteroatoms. The molecule has 138 valence electrons. The van der Waals surface area contributed by atoms with Gasteiger partial charge in [0.15, 0.2) is 5.43 Å². The molecule has 1 heterocycles. The van der Waals surface area contributed by atoms with Crippen molar-refractivity contribution >= 4 is 31.5 Å². The molecular weight excluding hydrogens is 342 g/mol. The van der Waals surface area contributed by atoms with Gasteiger partial charge in [-0.05, 0) is 50.6 Å². The van der Waals surface area contributed by atoms with E-state index < -0.39 is 0 Å². The first kappa shape index (κ1) is 19.0. The molecule has 3 aromatic rings. The van der Waals surface area contributed by atoms with Crippen molar-refractivity contribution in [3.8, 4) is 0 Å². The molecule has 0 aliphatic carbocycles. The van der Waals surface area contributed by atoms with Crippen molar-refractivity contribution in [3.63, 3.8) is 0 Å². The Kier molecular flexibility index (Phi) is 6.07. The van der Waals surface area contributed by atoms with Gasteiger partial charge in [0.2, 0.25) is 0 Å². The maximum absolute atomic E-state index is 12.8. The normalized spacial score (nSPS) is 12.1. The maximum atomic E-state index is 12.8. The molecule has 0 bridgehead atoms. The highest BCUT2D eigenvalue weighted by Gasteiger charge is 2.19. The quantitative estimate of drug-likeness (QED) is 0.323. The van der Waals surface area contributed by atoms with Crippen LogP contribution in [0.4, 0.5) is 0 Å². The fourth-order valence-electron chi connectivity index (χ4n) is 3.53. The lowest BCUT2D eigenvalue weighted by molar-refractivity contribution is -0.923. The summed E-state index contributed by atoms with van der Waals surface area (Å²) < 4.78 is 9.12. The second-order valence-electron chi connectivity index (χ2n) is 6.82. The summed E-state index contributed by atoms with van der Waals surface area (Å²) in [5.41, 5.74) is 1.19. The Morgan fingerprint density at radius 3 is 2.35 bits per heavy atom. The number of quaternary nitrogens is 1. The molecule has 0 unspecified atom stereocenters. The maximum Gasteiger partial charge on any atom is 0.195 e. The number of ether oxygens (including phenoxy) is 1. The number of rotatable bonds is 8. The zero-order valence-corrected chi connectivity index (χ0v) is 16.8. The van der Waals surface area contributed by atoms with Crippen LogP contribution in [0, 0.1) is 0 Å². The van der Waals surface area contributed by atoms with Gasteiger partial charge in [0.25, 0.3) is 0 Å². The lowest BCUT2D eigenvalue weighted by Crippen LogP contribution is -2.49. The molecule has 0 radical (unpaired) electrons. The highest BCUT2D eigenvalue weighted by atomic mass is 32.1. The number of benzene rings is 2. The van der Waals surface area contributed by atoms with Crippen LogP contribution in [-0.4, -0.2) is 37.3 Å². The van der Waals surface area contributed by atoms with Crippen molar-refractivity contribution in [3.05, 3.63) is 58.3 Å². The fraction of sp³-hybridized carbons (Fsp3) is 0.409. The van der Waals surface area contributed by atoms with Crippen molar-refractivity contribution in [2.24, 2.45) is 0 Å². The van der Waals surface area contributed by atoms with Crippen molar-refractivity contribution < 1.29 is 9.22 Å². The predicted molar refractivity (Wildman–Crippen MR) is 112 cm³/mol. The van der Waals surface area contributed by atoms with E-state index in [1.165, 1.54) is 0 Å². The largest absolute Gasteiger partial charge is 0.371 e. The number of likely N-dealkylation sites (N-methyl/N-ethyl adjacent to an activating group) is 1. The van der Waals surface area contributed by atoms with E-state index in [-0.39, 0.29) is 5.43 Å². The Morgan fingerprint density at radius 2 is 1.62 bits per heavy atom. The smallest absolute Gasteiger partial charge is 0.195 e. The van der Waals surface area contributed by atoms with Crippen LogP contribution in [0.3, 0.4) is 0 Å². The summed E-state index contributed by atoms with van der Waals surface area (Å²) in [7, 11) is 0. The molecule has 1 aromatic heterocycles. The summed E-state index contributed by atoms with van der Waals surface area (Å²) in [6, 6.07) is 14.0. The highest BCUT2D eigenvalue weighted by molar-refractivity contribution is 7.24. The van der Waals surface area contributed by atoms with Gasteiger partial charge in [0, 0.05) is 20.2 Å². The van der Waals surface area contributed by atoms with Crippen LogP contribution in [0.25, 0.3) is 20.2 Å². The molecule has 0 atom stereocenters.